The molecule has 1 aliphatic rings. The second-order valence-corrected chi connectivity index (χ2v) is 3.97. The zero-order chi connectivity index (χ0) is 10.1. The highest BCUT2D eigenvalue weighted by Crippen LogP contribution is 2.35. The van der Waals surface area contributed by atoms with Crippen LogP contribution in [0.4, 0.5) is 5.95 Å². The van der Waals surface area contributed by atoms with E-state index < -0.39 is 0 Å². The van der Waals surface area contributed by atoms with Gasteiger partial charge in [-0.25, -0.2) is 4.98 Å². The number of nitrogens with one attached hydrogen (secondary N) is 2. The molecule has 1 heterocycles. The summed E-state index contributed by atoms with van der Waals surface area (Å²) in [6.07, 6.45) is 3.68. The van der Waals surface area contributed by atoms with E-state index in [0.717, 1.165) is 18.8 Å². The van der Waals surface area contributed by atoms with Crippen LogP contribution in [0.25, 0.3) is 0 Å². The van der Waals surface area contributed by atoms with Crippen molar-refractivity contribution in [1.82, 2.24) is 9.97 Å². The summed E-state index contributed by atoms with van der Waals surface area (Å²) in [4.78, 5) is 17.7. The van der Waals surface area contributed by atoms with Gasteiger partial charge in [0, 0.05) is 6.04 Å². The van der Waals surface area contributed by atoms with E-state index in [1.165, 1.54) is 6.20 Å². The summed E-state index contributed by atoms with van der Waals surface area (Å²) in [5.41, 5.74) is -0.294. The minimum Gasteiger partial charge on any atom is -0.353 e. The number of H-pyrrole nitrogens is 1. The molecular formula is C9H12ClN3O. The van der Waals surface area contributed by atoms with Crippen LogP contribution < -0.4 is 10.9 Å². The Bertz CT molecular complexity index is 390. The van der Waals surface area contributed by atoms with Crippen molar-refractivity contribution in [3.05, 3.63) is 21.6 Å². The molecule has 0 radical (unpaired) electrons. The first kappa shape index (κ1) is 9.52. The Hall–Kier alpha value is -1.03. The Balaban J connectivity index is 2.04. The fraction of sp³-hybridized carbons (Fsp3) is 0.556. The van der Waals surface area contributed by atoms with Crippen LogP contribution in [0.3, 0.4) is 0 Å². The molecule has 4 nitrogen and oxygen atoms in total. The number of aromatic amines is 1. The fourth-order valence-corrected chi connectivity index (χ4v) is 1.60. The van der Waals surface area contributed by atoms with Gasteiger partial charge in [-0.3, -0.25) is 9.78 Å². The van der Waals surface area contributed by atoms with E-state index in [-0.39, 0.29) is 10.6 Å². The van der Waals surface area contributed by atoms with Crippen molar-refractivity contribution >= 4 is 17.5 Å². The molecule has 2 unspecified atom stereocenters. The summed E-state index contributed by atoms with van der Waals surface area (Å²) in [6.45, 7) is 2.16. The average Bonchev–Trinajstić information content (AvgIpc) is 2.90. The first-order valence-corrected chi connectivity index (χ1v) is 5.10. The maximum absolute atomic E-state index is 11.1. The zero-order valence-electron chi connectivity index (χ0n) is 7.88. The third kappa shape index (κ3) is 1.90. The summed E-state index contributed by atoms with van der Waals surface area (Å²) < 4.78 is 0. The van der Waals surface area contributed by atoms with Crippen molar-refractivity contribution in [2.24, 2.45) is 5.92 Å². The van der Waals surface area contributed by atoms with Gasteiger partial charge in [-0.05, 0) is 12.3 Å². The Morgan fingerprint density at radius 1 is 1.79 bits per heavy atom. The molecule has 0 saturated heterocycles. The predicted octanol–water partition coefficient (Wildman–Crippen LogP) is 1.63. The molecule has 1 saturated carbocycles. The van der Waals surface area contributed by atoms with Crippen molar-refractivity contribution in [3.63, 3.8) is 0 Å². The summed E-state index contributed by atoms with van der Waals surface area (Å²) in [5.74, 6) is 1.23. The van der Waals surface area contributed by atoms with E-state index in [2.05, 4.69) is 22.2 Å². The normalized spacial score (nSPS) is 24.7. The van der Waals surface area contributed by atoms with Gasteiger partial charge in [-0.15, -0.1) is 0 Å². The molecule has 2 N–H and O–H groups in total. The summed E-state index contributed by atoms with van der Waals surface area (Å²) >= 11 is 5.55. The second kappa shape index (κ2) is 3.61. The number of nitrogens with zero attached hydrogens (tertiary/aromatic N) is 1. The molecule has 2 atom stereocenters. The van der Waals surface area contributed by atoms with Crippen molar-refractivity contribution < 1.29 is 0 Å². The van der Waals surface area contributed by atoms with Crippen LogP contribution >= 0.6 is 11.6 Å². The quantitative estimate of drug-likeness (QED) is 0.803. The van der Waals surface area contributed by atoms with Crippen LogP contribution in [0.1, 0.15) is 19.8 Å². The van der Waals surface area contributed by atoms with Gasteiger partial charge in [0.2, 0.25) is 5.95 Å². The van der Waals surface area contributed by atoms with Crippen LogP contribution in [0.5, 0.6) is 0 Å². The number of hydrogen-bond donors (Lipinski definition) is 2. The molecule has 0 amide bonds. The monoisotopic (exact) mass is 213 g/mol. The maximum Gasteiger partial charge on any atom is 0.271 e. The van der Waals surface area contributed by atoms with E-state index in [9.17, 15) is 4.79 Å². The Morgan fingerprint density at radius 3 is 3.14 bits per heavy atom. The SMILES string of the molecule is CCC1CC1Nc1ncc(Cl)c(=O)[nH]1. The number of rotatable bonds is 3. The van der Waals surface area contributed by atoms with Gasteiger partial charge in [0.25, 0.3) is 5.56 Å². The van der Waals surface area contributed by atoms with Crippen LogP contribution in [0.2, 0.25) is 5.02 Å². The Morgan fingerprint density at radius 2 is 2.57 bits per heavy atom. The minimum absolute atomic E-state index is 0.124. The number of halogens is 1. The highest BCUT2D eigenvalue weighted by atomic mass is 35.5. The molecule has 0 aromatic carbocycles. The van der Waals surface area contributed by atoms with Crippen LogP contribution in [-0.2, 0) is 0 Å². The van der Waals surface area contributed by atoms with E-state index in [0.29, 0.717) is 12.0 Å². The lowest BCUT2D eigenvalue weighted by molar-refractivity contribution is 0.771. The van der Waals surface area contributed by atoms with E-state index in [4.69, 9.17) is 11.6 Å². The van der Waals surface area contributed by atoms with Gasteiger partial charge in [-0.2, -0.15) is 0 Å². The first-order valence-electron chi connectivity index (χ1n) is 4.72. The number of aromatic nitrogens is 2. The smallest absolute Gasteiger partial charge is 0.271 e. The Labute approximate surface area is 86.7 Å². The van der Waals surface area contributed by atoms with Crippen molar-refractivity contribution in [1.29, 1.82) is 0 Å². The average molecular weight is 214 g/mol. The number of anilines is 1. The molecule has 1 aromatic rings. The molecule has 5 heteroatoms. The lowest BCUT2D eigenvalue weighted by Crippen LogP contribution is -2.14. The topological polar surface area (TPSA) is 57.8 Å². The van der Waals surface area contributed by atoms with Gasteiger partial charge in [0.05, 0.1) is 6.20 Å². The Kier molecular flexibility index (Phi) is 2.46. The minimum atomic E-state index is -0.294. The third-order valence-corrected chi connectivity index (χ3v) is 2.79. The molecule has 0 aliphatic heterocycles. The van der Waals surface area contributed by atoms with E-state index >= 15 is 0 Å². The lowest BCUT2D eigenvalue weighted by atomic mass is 10.3. The first-order chi connectivity index (χ1) is 6.70. The second-order valence-electron chi connectivity index (χ2n) is 3.56. The molecule has 1 aliphatic carbocycles. The van der Waals surface area contributed by atoms with Crippen LogP contribution in [-0.4, -0.2) is 16.0 Å². The molecule has 2 rings (SSSR count). The molecule has 14 heavy (non-hydrogen) atoms. The predicted molar refractivity (Wildman–Crippen MR) is 55.7 cm³/mol. The van der Waals surface area contributed by atoms with Crippen molar-refractivity contribution in [2.75, 3.05) is 5.32 Å². The van der Waals surface area contributed by atoms with Gasteiger partial charge in [0.15, 0.2) is 0 Å². The third-order valence-electron chi connectivity index (χ3n) is 2.52. The summed E-state index contributed by atoms with van der Waals surface area (Å²) in [5, 5.41) is 3.28. The highest BCUT2D eigenvalue weighted by molar-refractivity contribution is 6.30. The zero-order valence-corrected chi connectivity index (χ0v) is 8.64. The highest BCUT2D eigenvalue weighted by Gasteiger charge is 2.35. The van der Waals surface area contributed by atoms with Crippen molar-refractivity contribution in [2.45, 2.75) is 25.8 Å². The van der Waals surface area contributed by atoms with Crippen LogP contribution in [0.15, 0.2) is 11.0 Å². The standard InChI is InChI=1S/C9H12ClN3O/c1-2-5-3-7(5)12-9-11-4-6(10)8(14)13-9/h4-5,7H,2-3H2,1H3,(H2,11,12,13,14). The maximum atomic E-state index is 11.1. The number of hydrogen-bond acceptors (Lipinski definition) is 3. The van der Waals surface area contributed by atoms with Gasteiger partial charge in [-0.1, -0.05) is 24.9 Å². The van der Waals surface area contributed by atoms with Gasteiger partial charge in [0.1, 0.15) is 5.02 Å². The molecule has 76 valence electrons. The van der Waals surface area contributed by atoms with Crippen LogP contribution in [0, 0.1) is 5.92 Å². The van der Waals surface area contributed by atoms with Gasteiger partial charge < -0.3 is 5.32 Å². The van der Waals surface area contributed by atoms with E-state index in [1.807, 2.05) is 0 Å². The van der Waals surface area contributed by atoms with E-state index in [1.54, 1.807) is 0 Å². The van der Waals surface area contributed by atoms with Gasteiger partial charge >= 0.3 is 0 Å². The molecule has 1 aromatic heterocycles. The largest absolute Gasteiger partial charge is 0.353 e. The van der Waals surface area contributed by atoms with Crippen molar-refractivity contribution in [3.8, 4) is 0 Å². The molecule has 1 fully saturated rings. The fourth-order valence-electron chi connectivity index (χ4n) is 1.50. The lowest BCUT2D eigenvalue weighted by Gasteiger charge is -2.02. The summed E-state index contributed by atoms with van der Waals surface area (Å²) in [6, 6.07) is 0.462. The molecule has 0 spiro atoms. The molecular weight excluding hydrogens is 202 g/mol. The molecule has 0 bridgehead atoms. The summed E-state index contributed by atoms with van der Waals surface area (Å²) in [7, 11) is 0.